The number of ether oxygens (including phenoxy) is 1. The predicted molar refractivity (Wildman–Crippen MR) is 92.4 cm³/mol. The van der Waals surface area contributed by atoms with Gasteiger partial charge in [-0.15, -0.1) is 0 Å². The zero-order valence-electron chi connectivity index (χ0n) is 14.3. The van der Waals surface area contributed by atoms with Crippen molar-refractivity contribution in [2.75, 3.05) is 25.5 Å². The summed E-state index contributed by atoms with van der Waals surface area (Å²) in [6.07, 6.45) is 1.19. The highest BCUT2D eigenvalue weighted by molar-refractivity contribution is 7.89. The highest BCUT2D eigenvalue weighted by atomic mass is 32.2. The normalized spacial score (nSPS) is 17.7. The minimum absolute atomic E-state index is 0.164. The van der Waals surface area contributed by atoms with Gasteiger partial charge in [0.2, 0.25) is 10.0 Å². The van der Waals surface area contributed by atoms with Crippen molar-refractivity contribution in [1.82, 2.24) is 10.0 Å². The standard InChI is InChI=1S/C16H25N3O4S/c1-12(2)19-24(21,22)14-6-4-13(5-7-14)18-15(20)16(23-3)8-10-17-11-9-16/h4-7,12,17,19H,8-11H2,1-3H3,(H,18,20). The van der Waals surface area contributed by atoms with Gasteiger partial charge in [-0.3, -0.25) is 4.79 Å². The number of amides is 1. The van der Waals surface area contributed by atoms with Crippen molar-refractivity contribution in [3.05, 3.63) is 24.3 Å². The smallest absolute Gasteiger partial charge is 0.256 e. The van der Waals surface area contributed by atoms with Crippen molar-refractivity contribution in [2.45, 2.75) is 43.2 Å². The summed E-state index contributed by atoms with van der Waals surface area (Å²) in [5, 5.41) is 6.01. The second kappa shape index (κ2) is 7.60. The summed E-state index contributed by atoms with van der Waals surface area (Å²) in [6.45, 7) is 4.96. The molecule has 0 unspecified atom stereocenters. The maximum Gasteiger partial charge on any atom is 0.256 e. The maximum absolute atomic E-state index is 12.6. The van der Waals surface area contributed by atoms with Crippen molar-refractivity contribution in [2.24, 2.45) is 0 Å². The van der Waals surface area contributed by atoms with Gasteiger partial charge in [-0.05, 0) is 64.0 Å². The average molecular weight is 355 g/mol. The zero-order valence-corrected chi connectivity index (χ0v) is 15.1. The number of benzene rings is 1. The van der Waals surface area contributed by atoms with Gasteiger partial charge in [0.25, 0.3) is 5.91 Å². The molecule has 0 bridgehead atoms. The second-order valence-corrected chi connectivity index (χ2v) is 7.92. The molecular weight excluding hydrogens is 330 g/mol. The predicted octanol–water partition coefficient (Wildman–Crippen LogP) is 1.08. The molecule has 1 fully saturated rings. The molecule has 3 N–H and O–H groups in total. The molecule has 0 aromatic heterocycles. The molecule has 1 saturated heterocycles. The van der Waals surface area contributed by atoms with Gasteiger partial charge in [-0.1, -0.05) is 0 Å². The van der Waals surface area contributed by atoms with Crippen molar-refractivity contribution in [3.63, 3.8) is 0 Å². The lowest BCUT2D eigenvalue weighted by molar-refractivity contribution is -0.140. The Morgan fingerprint density at radius 2 is 1.79 bits per heavy atom. The van der Waals surface area contributed by atoms with Crippen LogP contribution in [0, 0.1) is 0 Å². The van der Waals surface area contributed by atoms with E-state index in [4.69, 9.17) is 4.74 Å². The summed E-state index contributed by atoms with van der Waals surface area (Å²) in [5.74, 6) is -0.206. The van der Waals surface area contributed by atoms with Crippen LogP contribution in [0.25, 0.3) is 0 Å². The van der Waals surface area contributed by atoms with Crippen molar-refractivity contribution in [1.29, 1.82) is 0 Å². The Hall–Kier alpha value is -1.48. The molecule has 8 heteroatoms. The first-order valence-corrected chi connectivity index (χ1v) is 9.47. The minimum Gasteiger partial charge on any atom is -0.368 e. The summed E-state index contributed by atoms with van der Waals surface area (Å²) in [5.41, 5.74) is -0.298. The first kappa shape index (κ1) is 18.9. The molecule has 1 amide bonds. The summed E-state index contributed by atoms with van der Waals surface area (Å²) < 4.78 is 32.2. The Kier molecular flexibility index (Phi) is 5.97. The molecule has 0 atom stereocenters. The topological polar surface area (TPSA) is 96.5 Å². The van der Waals surface area contributed by atoms with E-state index >= 15 is 0 Å². The third-order valence-electron chi connectivity index (χ3n) is 4.03. The first-order chi connectivity index (χ1) is 11.3. The van der Waals surface area contributed by atoms with Crippen LogP contribution >= 0.6 is 0 Å². The van der Waals surface area contributed by atoms with Crippen molar-refractivity contribution in [3.8, 4) is 0 Å². The third kappa shape index (κ3) is 4.32. The lowest BCUT2D eigenvalue weighted by Gasteiger charge is -2.34. The second-order valence-electron chi connectivity index (χ2n) is 6.20. The summed E-state index contributed by atoms with van der Waals surface area (Å²) in [6, 6.07) is 5.93. The Balaban J connectivity index is 2.10. The Morgan fingerprint density at radius 3 is 2.29 bits per heavy atom. The maximum atomic E-state index is 12.6. The van der Waals surface area contributed by atoms with E-state index in [-0.39, 0.29) is 16.8 Å². The lowest BCUT2D eigenvalue weighted by Crippen LogP contribution is -2.51. The van der Waals surface area contributed by atoms with Crippen LogP contribution in [0.2, 0.25) is 0 Å². The van der Waals surface area contributed by atoms with E-state index in [1.807, 2.05) is 0 Å². The molecule has 2 rings (SSSR count). The Morgan fingerprint density at radius 1 is 1.21 bits per heavy atom. The fourth-order valence-electron chi connectivity index (χ4n) is 2.70. The minimum atomic E-state index is -3.54. The Bertz CT molecular complexity index is 665. The van der Waals surface area contributed by atoms with Crippen LogP contribution in [0.1, 0.15) is 26.7 Å². The van der Waals surface area contributed by atoms with Gasteiger partial charge in [-0.2, -0.15) is 0 Å². The number of piperidine rings is 1. The number of hydrogen-bond donors (Lipinski definition) is 3. The van der Waals surface area contributed by atoms with E-state index in [1.54, 1.807) is 26.0 Å². The van der Waals surface area contributed by atoms with E-state index in [9.17, 15) is 13.2 Å². The van der Waals surface area contributed by atoms with E-state index in [0.29, 0.717) is 18.5 Å². The van der Waals surface area contributed by atoms with Crippen molar-refractivity contribution >= 4 is 21.6 Å². The molecule has 1 aromatic carbocycles. The molecule has 0 saturated carbocycles. The molecule has 24 heavy (non-hydrogen) atoms. The summed E-state index contributed by atoms with van der Waals surface area (Å²) in [7, 11) is -2.00. The van der Waals surface area contributed by atoms with E-state index in [0.717, 1.165) is 13.1 Å². The molecule has 7 nitrogen and oxygen atoms in total. The van der Waals surface area contributed by atoms with Gasteiger partial charge >= 0.3 is 0 Å². The van der Waals surface area contributed by atoms with Gasteiger partial charge in [0.05, 0.1) is 4.90 Å². The van der Waals surface area contributed by atoms with Crippen LogP contribution < -0.4 is 15.4 Å². The number of nitrogens with one attached hydrogen (secondary N) is 3. The van der Waals surface area contributed by atoms with Crippen LogP contribution in [0.4, 0.5) is 5.69 Å². The fraction of sp³-hybridized carbons (Fsp3) is 0.562. The molecule has 0 aliphatic carbocycles. The number of anilines is 1. The number of sulfonamides is 1. The number of carbonyl (C=O) groups excluding carboxylic acids is 1. The Labute approximate surface area is 143 Å². The fourth-order valence-corrected chi connectivity index (χ4v) is 3.95. The van der Waals surface area contributed by atoms with Crippen LogP contribution in [0.3, 0.4) is 0 Å². The molecule has 1 aromatic rings. The van der Waals surface area contributed by atoms with Crippen LogP contribution in [0.15, 0.2) is 29.2 Å². The number of rotatable bonds is 6. The third-order valence-corrected chi connectivity index (χ3v) is 5.70. The number of methoxy groups -OCH3 is 1. The monoisotopic (exact) mass is 355 g/mol. The van der Waals surface area contributed by atoms with Gasteiger partial charge < -0.3 is 15.4 Å². The molecule has 1 aliphatic heterocycles. The molecule has 1 heterocycles. The SMILES string of the molecule is COC1(C(=O)Nc2ccc(S(=O)(=O)NC(C)C)cc2)CCNCC1. The average Bonchev–Trinajstić information content (AvgIpc) is 2.54. The highest BCUT2D eigenvalue weighted by Gasteiger charge is 2.39. The molecular formula is C16H25N3O4S. The number of hydrogen-bond acceptors (Lipinski definition) is 5. The van der Waals surface area contributed by atoms with E-state index in [2.05, 4.69) is 15.4 Å². The number of carbonyl (C=O) groups is 1. The van der Waals surface area contributed by atoms with E-state index in [1.165, 1.54) is 19.2 Å². The molecule has 134 valence electrons. The van der Waals surface area contributed by atoms with Crippen molar-refractivity contribution < 1.29 is 17.9 Å². The molecule has 1 aliphatic rings. The van der Waals surface area contributed by atoms with Crippen LogP contribution in [0.5, 0.6) is 0 Å². The molecule has 0 radical (unpaired) electrons. The van der Waals surface area contributed by atoms with Gasteiger partial charge in [0, 0.05) is 18.8 Å². The largest absolute Gasteiger partial charge is 0.368 e. The highest BCUT2D eigenvalue weighted by Crippen LogP contribution is 2.25. The van der Waals surface area contributed by atoms with E-state index < -0.39 is 15.6 Å². The molecule has 0 spiro atoms. The summed E-state index contributed by atoms with van der Waals surface area (Å²) >= 11 is 0. The van der Waals surface area contributed by atoms with Crippen LogP contribution in [-0.2, 0) is 19.6 Å². The summed E-state index contributed by atoms with van der Waals surface area (Å²) in [4.78, 5) is 12.7. The first-order valence-electron chi connectivity index (χ1n) is 7.99. The quantitative estimate of drug-likeness (QED) is 0.710. The zero-order chi connectivity index (χ0) is 17.8. The lowest BCUT2D eigenvalue weighted by atomic mass is 9.91. The van der Waals surface area contributed by atoms with Crippen LogP contribution in [-0.4, -0.2) is 46.2 Å². The van der Waals surface area contributed by atoms with Gasteiger partial charge in [0.15, 0.2) is 0 Å². The van der Waals surface area contributed by atoms with Gasteiger partial charge in [-0.25, -0.2) is 13.1 Å². The van der Waals surface area contributed by atoms with Gasteiger partial charge in [0.1, 0.15) is 5.60 Å².